The van der Waals surface area contributed by atoms with Gasteiger partial charge in [-0.25, -0.2) is 0 Å². The Morgan fingerprint density at radius 1 is 1.15 bits per heavy atom. The fourth-order valence-corrected chi connectivity index (χ4v) is 4.78. The number of hydrogen-bond donors (Lipinski definition) is 2. The molecule has 1 unspecified atom stereocenters. The van der Waals surface area contributed by atoms with Crippen LogP contribution in [0.4, 0.5) is 0 Å². The van der Waals surface area contributed by atoms with Crippen molar-refractivity contribution in [2.45, 2.75) is 25.3 Å². The van der Waals surface area contributed by atoms with Gasteiger partial charge in [0.25, 0.3) is 0 Å². The predicted molar refractivity (Wildman–Crippen MR) is 109 cm³/mol. The molecule has 0 saturated carbocycles. The third-order valence-electron chi connectivity index (χ3n) is 6.15. The van der Waals surface area contributed by atoms with Crippen LogP contribution >= 0.6 is 0 Å². The van der Waals surface area contributed by atoms with Gasteiger partial charge in [0, 0.05) is 42.8 Å². The van der Waals surface area contributed by atoms with Crippen molar-refractivity contribution in [1.29, 1.82) is 0 Å². The molecule has 5 rings (SSSR count). The first-order valence-electron chi connectivity index (χ1n) is 10.0. The second kappa shape index (κ2) is 6.70. The second-order valence-corrected chi connectivity index (χ2v) is 7.97. The first-order valence-corrected chi connectivity index (χ1v) is 10.0. The van der Waals surface area contributed by atoms with E-state index in [2.05, 4.69) is 40.3 Å². The summed E-state index contributed by atoms with van der Waals surface area (Å²) in [5.41, 5.74) is 5.62. The molecule has 0 aliphatic carbocycles. The van der Waals surface area contributed by atoms with Gasteiger partial charge in [0.05, 0.1) is 5.54 Å². The number of para-hydroxylation sites is 1. The molecule has 2 aromatic carbocycles. The van der Waals surface area contributed by atoms with Gasteiger partial charge < -0.3 is 15.0 Å². The van der Waals surface area contributed by atoms with E-state index >= 15 is 0 Å². The van der Waals surface area contributed by atoms with Gasteiger partial charge in [-0.05, 0) is 49.6 Å². The zero-order chi connectivity index (χ0) is 18.3. The molecule has 2 N–H and O–H groups in total. The highest BCUT2D eigenvalue weighted by Crippen LogP contribution is 2.39. The quantitative estimate of drug-likeness (QED) is 0.746. The number of benzene rings is 2. The van der Waals surface area contributed by atoms with Crippen molar-refractivity contribution >= 4 is 10.9 Å². The molecule has 0 bridgehead atoms. The summed E-state index contributed by atoms with van der Waals surface area (Å²) < 4.78 is 5.90. The third kappa shape index (κ3) is 3.03. The molecule has 27 heavy (non-hydrogen) atoms. The highest BCUT2D eigenvalue weighted by molar-refractivity contribution is 5.86. The Morgan fingerprint density at radius 2 is 2.04 bits per heavy atom. The summed E-state index contributed by atoms with van der Waals surface area (Å²) in [7, 11) is 0. The van der Waals surface area contributed by atoms with E-state index in [9.17, 15) is 0 Å². The maximum absolute atomic E-state index is 5.90. The molecule has 4 heteroatoms. The van der Waals surface area contributed by atoms with Gasteiger partial charge in [-0.3, -0.25) is 4.90 Å². The molecular weight excluding hydrogens is 334 g/mol. The lowest BCUT2D eigenvalue weighted by atomic mass is 9.86. The number of hydrogen-bond acceptors (Lipinski definition) is 3. The first-order chi connectivity index (χ1) is 13.2. The fraction of sp³-hybridized carbons (Fsp3) is 0.391. The molecule has 1 aromatic heterocycles. The van der Waals surface area contributed by atoms with Crippen LogP contribution in [0.5, 0.6) is 5.75 Å². The summed E-state index contributed by atoms with van der Waals surface area (Å²) in [6, 6.07) is 16.9. The molecule has 3 heterocycles. The molecule has 2 aliphatic rings. The standard InChI is InChI=1S/C23H27N3O/c1-17-7-8-21-20(15-17)19-9-11-24-23(22(19)25-21)10-12-26(16-23)13-14-27-18-5-3-2-4-6-18/h2-8,15,24-25H,9-14,16H2,1H3. The van der Waals surface area contributed by atoms with E-state index in [1.807, 2.05) is 30.3 Å². The minimum absolute atomic E-state index is 0.0628. The maximum Gasteiger partial charge on any atom is 0.119 e. The number of nitrogens with one attached hydrogen (secondary N) is 2. The topological polar surface area (TPSA) is 40.3 Å². The highest BCUT2D eigenvalue weighted by Gasteiger charge is 2.43. The van der Waals surface area contributed by atoms with E-state index in [-0.39, 0.29) is 5.54 Å². The van der Waals surface area contributed by atoms with Crippen molar-refractivity contribution in [2.75, 3.05) is 32.8 Å². The van der Waals surface area contributed by atoms with E-state index in [0.717, 1.165) is 51.4 Å². The molecule has 0 amide bonds. The summed E-state index contributed by atoms with van der Waals surface area (Å²) in [4.78, 5) is 6.29. The van der Waals surface area contributed by atoms with E-state index in [1.54, 1.807) is 0 Å². The van der Waals surface area contributed by atoms with Gasteiger partial charge in [-0.1, -0.05) is 29.8 Å². The minimum Gasteiger partial charge on any atom is -0.492 e. The average Bonchev–Trinajstić information content (AvgIpc) is 3.26. The summed E-state index contributed by atoms with van der Waals surface area (Å²) in [5, 5.41) is 5.26. The molecule has 4 nitrogen and oxygen atoms in total. The Labute approximate surface area is 160 Å². The molecule has 2 aliphatic heterocycles. The SMILES string of the molecule is Cc1ccc2[nH]c3c(c2c1)CCNC31CCN(CCOc2ccccc2)C1. The second-order valence-electron chi connectivity index (χ2n) is 7.97. The number of aryl methyl sites for hydroxylation is 1. The van der Waals surface area contributed by atoms with Crippen molar-refractivity contribution in [1.82, 2.24) is 15.2 Å². The van der Waals surface area contributed by atoms with Crippen LogP contribution in [0.1, 0.15) is 23.2 Å². The van der Waals surface area contributed by atoms with Crippen molar-refractivity contribution in [3.8, 4) is 5.75 Å². The van der Waals surface area contributed by atoms with Crippen molar-refractivity contribution in [2.24, 2.45) is 0 Å². The molecular formula is C23H27N3O. The van der Waals surface area contributed by atoms with Crippen LogP contribution in [0, 0.1) is 6.92 Å². The predicted octanol–water partition coefficient (Wildman–Crippen LogP) is 3.60. The van der Waals surface area contributed by atoms with E-state index < -0.39 is 0 Å². The molecule has 1 atom stereocenters. The van der Waals surface area contributed by atoms with E-state index in [1.165, 1.54) is 27.7 Å². The number of rotatable bonds is 4. The van der Waals surface area contributed by atoms with Crippen LogP contribution in [0.2, 0.25) is 0 Å². The number of fused-ring (bicyclic) bond motifs is 4. The number of H-pyrrole nitrogens is 1. The monoisotopic (exact) mass is 361 g/mol. The Kier molecular flexibility index (Phi) is 4.18. The van der Waals surface area contributed by atoms with E-state index in [4.69, 9.17) is 4.74 Å². The summed E-state index contributed by atoms with van der Waals surface area (Å²) in [6.07, 6.45) is 2.26. The summed E-state index contributed by atoms with van der Waals surface area (Å²) >= 11 is 0. The van der Waals surface area contributed by atoms with Gasteiger partial charge in [-0.2, -0.15) is 0 Å². The highest BCUT2D eigenvalue weighted by atomic mass is 16.5. The van der Waals surface area contributed by atoms with E-state index in [0.29, 0.717) is 0 Å². The molecule has 3 aromatic rings. The normalized spacial score (nSPS) is 22.4. The lowest BCUT2D eigenvalue weighted by Gasteiger charge is -2.35. The lowest BCUT2D eigenvalue weighted by Crippen LogP contribution is -2.49. The fourth-order valence-electron chi connectivity index (χ4n) is 4.78. The Bertz CT molecular complexity index is 949. The number of nitrogens with zero attached hydrogens (tertiary/aromatic N) is 1. The number of ether oxygens (including phenoxy) is 1. The molecule has 0 radical (unpaired) electrons. The van der Waals surface area contributed by atoms with Crippen LogP contribution in [-0.2, 0) is 12.0 Å². The number of aromatic nitrogens is 1. The first kappa shape index (κ1) is 16.8. The smallest absolute Gasteiger partial charge is 0.119 e. The molecule has 140 valence electrons. The Hall–Kier alpha value is -2.30. The van der Waals surface area contributed by atoms with Crippen molar-refractivity contribution in [3.63, 3.8) is 0 Å². The summed E-state index contributed by atoms with van der Waals surface area (Å²) in [6.45, 7) is 7.09. The molecule has 1 saturated heterocycles. The molecule has 1 spiro atoms. The number of aromatic amines is 1. The van der Waals surface area contributed by atoms with Crippen LogP contribution < -0.4 is 10.1 Å². The van der Waals surface area contributed by atoms with Gasteiger partial charge in [0.2, 0.25) is 0 Å². The van der Waals surface area contributed by atoms with Gasteiger partial charge in [0.15, 0.2) is 0 Å². The van der Waals surface area contributed by atoms with Gasteiger partial charge in [0.1, 0.15) is 12.4 Å². The third-order valence-corrected chi connectivity index (χ3v) is 6.15. The molecule has 1 fully saturated rings. The van der Waals surface area contributed by atoms with Crippen LogP contribution in [-0.4, -0.2) is 42.7 Å². The van der Waals surface area contributed by atoms with Gasteiger partial charge >= 0.3 is 0 Å². The van der Waals surface area contributed by atoms with Crippen molar-refractivity contribution < 1.29 is 4.74 Å². The number of likely N-dealkylation sites (tertiary alicyclic amines) is 1. The lowest BCUT2D eigenvalue weighted by molar-refractivity contribution is 0.218. The summed E-state index contributed by atoms with van der Waals surface area (Å²) in [5.74, 6) is 0.954. The van der Waals surface area contributed by atoms with Crippen molar-refractivity contribution in [3.05, 3.63) is 65.4 Å². The Morgan fingerprint density at radius 3 is 2.93 bits per heavy atom. The average molecular weight is 361 g/mol. The maximum atomic E-state index is 5.90. The largest absolute Gasteiger partial charge is 0.492 e. The van der Waals surface area contributed by atoms with Crippen LogP contribution in [0.25, 0.3) is 10.9 Å². The van der Waals surface area contributed by atoms with Crippen LogP contribution in [0.15, 0.2) is 48.5 Å². The zero-order valence-corrected chi connectivity index (χ0v) is 15.9. The Balaban J connectivity index is 1.33. The zero-order valence-electron chi connectivity index (χ0n) is 15.9. The van der Waals surface area contributed by atoms with Crippen LogP contribution in [0.3, 0.4) is 0 Å². The minimum atomic E-state index is 0.0628. The van der Waals surface area contributed by atoms with Gasteiger partial charge in [-0.15, -0.1) is 0 Å².